The van der Waals surface area contributed by atoms with E-state index >= 15 is 0 Å². The zero-order valence-electron chi connectivity index (χ0n) is 13.5. The summed E-state index contributed by atoms with van der Waals surface area (Å²) < 4.78 is 0. The zero-order valence-corrected chi connectivity index (χ0v) is 13.5. The topological polar surface area (TPSA) is 240 Å². The number of nitro groups is 4. The highest BCUT2D eigenvalue weighted by atomic mass is 16.6. The van der Waals surface area contributed by atoms with E-state index in [-0.39, 0.29) is 11.4 Å². The molecule has 28 heavy (non-hydrogen) atoms. The molecule has 0 radical (unpaired) electrons. The number of nitrogens with two attached hydrogens (primary N) is 1. The molecule has 2 aromatic carbocycles. The molecule has 0 aromatic heterocycles. The van der Waals surface area contributed by atoms with Crippen molar-refractivity contribution < 1.29 is 29.7 Å². The van der Waals surface area contributed by atoms with Gasteiger partial charge in [0.2, 0.25) is 5.75 Å². The first-order valence-electron chi connectivity index (χ1n) is 6.74. The molecule has 0 aliphatic rings. The summed E-state index contributed by atoms with van der Waals surface area (Å²) in [5.41, 5.74) is -0.507. The van der Waals surface area contributed by atoms with Crippen molar-refractivity contribution in [3.63, 3.8) is 0 Å². The number of hydrogen-bond donors (Lipinski definition) is 3. The van der Waals surface area contributed by atoms with E-state index in [2.05, 4.69) is 4.84 Å². The Morgan fingerprint density at radius 3 is 1.64 bits per heavy atom. The zero-order chi connectivity index (χ0) is 21.4. The van der Waals surface area contributed by atoms with Gasteiger partial charge in [-0.3, -0.25) is 51.1 Å². The van der Waals surface area contributed by atoms with Crippen LogP contribution in [0.15, 0.2) is 36.4 Å². The molecule has 16 heteroatoms. The Labute approximate surface area is 153 Å². The molecule has 0 aliphatic carbocycles. The first-order valence-corrected chi connectivity index (χ1v) is 6.74. The van der Waals surface area contributed by atoms with E-state index in [9.17, 15) is 40.5 Å². The predicted molar refractivity (Wildman–Crippen MR) is 89.7 cm³/mol. The minimum Gasteiger partial charge on any atom is -0.404 e. The number of anilines is 1. The normalized spacial score (nSPS) is 9.50. The lowest BCUT2D eigenvalue weighted by molar-refractivity contribution is -0.394. The highest BCUT2D eigenvalue weighted by molar-refractivity contribution is 5.64. The lowest BCUT2D eigenvalue weighted by atomic mass is 10.2. The van der Waals surface area contributed by atoms with Crippen molar-refractivity contribution in [1.29, 1.82) is 0 Å². The van der Waals surface area contributed by atoms with Crippen LogP contribution in [-0.4, -0.2) is 24.9 Å². The molecule has 0 saturated heterocycles. The van der Waals surface area contributed by atoms with E-state index < -0.39 is 42.4 Å². The van der Waals surface area contributed by atoms with Gasteiger partial charge in [0.05, 0.1) is 31.8 Å². The fourth-order valence-corrected chi connectivity index (χ4v) is 1.74. The molecule has 0 saturated carbocycles. The van der Waals surface area contributed by atoms with Gasteiger partial charge in [0.15, 0.2) is 0 Å². The van der Waals surface area contributed by atoms with Crippen LogP contribution >= 0.6 is 0 Å². The molecule has 0 heterocycles. The Kier molecular flexibility index (Phi) is 7.18. The summed E-state index contributed by atoms with van der Waals surface area (Å²) >= 11 is 0. The Morgan fingerprint density at radius 1 is 0.786 bits per heavy atom. The number of nitrogens with one attached hydrogen (secondary N) is 1. The van der Waals surface area contributed by atoms with Gasteiger partial charge in [0, 0.05) is 12.1 Å². The summed E-state index contributed by atoms with van der Waals surface area (Å²) in [6.45, 7) is 0. The van der Waals surface area contributed by atoms with E-state index in [0.29, 0.717) is 0 Å². The van der Waals surface area contributed by atoms with Gasteiger partial charge in [-0.2, -0.15) is 5.90 Å². The van der Waals surface area contributed by atoms with Crippen molar-refractivity contribution in [3.05, 3.63) is 76.9 Å². The van der Waals surface area contributed by atoms with Crippen molar-refractivity contribution in [2.45, 2.75) is 0 Å². The molecule has 2 aromatic rings. The maximum absolute atomic E-state index is 10.4. The van der Waals surface area contributed by atoms with Gasteiger partial charge >= 0.3 is 11.4 Å². The smallest absolute Gasteiger partial charge is 0.320 e. The molecule has 0 aliphatic heterocycles. The third-order valence-corrected chi connectivity index (χ3v) is 2.99. The van der Waals surface area contributed by atoms with Gasteiger partial charge in [-0.05, 0) is 12.1 Å². The van der Waals surface area contributed by atoms with Crippen molar-refractivity contribution in [1.82, 2.24) is 0 Å². The van der Waals surface area contributed by atoms with Crippen LogP contribution in [0.2, 0.25) is 0 Å². The van der Waals surface area contributed by atoms with Gasteiger partial charge in [-0.15, -0.1) is 0 Å². The van der Waals surface area contributed by atoms with E-state index in [1.165, 1.54) is 0 Å². The summed E-state index contributed by atoms with van der Waals surface area (Å²) in [6, 6.07) is 5.77. The molecule has 0 spiro atoms. The van der Waals surface area contributed by atoms with Crippen LogP contribution in [0.4, 0.5) is 28.4 Å². The summed E-state index contributed by atoms with van der Waals surface area (Å²) in [5, 5.41) is 49.8. The molecule has 0 unspecified atom stereocenters. The second-order valence-corrected chi connectivity index (χ2v) is 4.61. The van der Waals surface area contributed by atoms with Crippen LogP contribution in [0.3, 0.4) is 0 Å². The Hall–Kier alpha value is -4.44. The molecule has 16 nitrogen and oxygen atoms in total. The van der Waals surface area contributed by atoms with E-state index in [1.807, 2.05) is 0 Å². The summed E-state index contributed by atoms with van der Waals surface area (Å²) in [4.78, 5) is 42.4. The average Bonchev–Trinajstić information content (AvgIpc) is 2.66. The maximum Gasteiger partial charge on any atom is 0.320 e. The summed E-state index contributed by atoms with van der Waals surface area (Å²) in [5.74, 6) is 4.52. The van der Waals surface area contributed by atoms with Crippen LogP contribution in [0.5, 0.6) is 5.75 Å². The van der Waals surface area contributed by atoms with E-state index in [0.717, 1.165) is 36.4 Å². The number of benzene rings is 2. The van der Waals surface area contributed by atoms with Crippen molar-refractivity contribution in [2.75, 3.05) is 5.48 Å². The van der Waals surface area contributed by atoms with Crippen LogP contribution in [0.1, 0.15) is 0 Å². The maximum atomic E-state index is 10.4. The second kappa shape index (κ2) is 9.31. The monoisotopic (exact) mass is 398 g/mol. The highest BCUT2D eigenvalue weighted by Gasteiger charge is 2.20. The molecule has 148 valence electrons. The molecular weight excluding hydrogens is 388 g/mol. The first-order chi connectivity index (χ1) is 13.1. The lowest BCUT2D eigenvalue weighted by Gasteiger charge is -1.99. The van der Waals surface area contributed by atoms with Crippen LogP contribution < -0.4 is 16.2 Å². The van der Waals surface area contributed by atoms with Crippen molar-refractivity contribution in [2.24, 2.45) is 5.90 Å². The van der Waals surface area contributed by atoms with Gasteiger partial charge in [-0.25, -0.2) is 0 Å². The number of rotatable bonds is 6. The summed E-state index contributed by atoms with van der Waals surface area (Å²) in [7, 11) is 0. The Bertz CT molecular complexity index is 858. The van der Waals surface area contributed by atoms with E-state index in [1.54, 1.807) is 5.48 Å². The van der Waals surface area contributed by atoms with Gasteiger partial charge < -0.3 is 4.84 Å². The number of nitrogens with zero attached hydrogens (tertiary/aromatic N) is 4. The SMILES string of the molecule is NOc1ccc([N+](=O)[O-])cc1[N+](=O)[O-].O=[N+]([O-])c1ccc(NO)c([N+](=O)[O-])c1. The predicted octanol–water partition coefficient (Wildman–Crippen LogP) is 2.06. The van der Waals surface area contributed by atoms with Gasteiger partial charge in [0.25, 0.3) is 11.4 Å². The molecule has 4 N–H and O–H groups in total. The quantitative estimate of drug-likeness (QED) is 0.467. The fraction of sp³-hybridized carbons (Fsp3) is 0. The Balaban J connectivity index is 0.000000280. The number of non-ortho nitro benzene ring substituents is 2. The third kappa shape index (κ3) is 5.28. The molecule has 0 atom stereocenters. The largest absolute Gasteiger partial charge is 0.404 e. The third-order valence-electron chi connectivity index (χ3n) is 2.99. The fourth-order valence-electron chi connectivity index (χ4n) is 1.74. The molecule has 0 fully saturated rings. The van der Waals surface area contributed by atoms with Gasteiger partial charge in [-0.1, -0.05) is 0 Å². The molecular formula is C12H10N6O10. The summed E-state index contributed by atoms with van der Waals surface area (Å²) in [6.07, 6.45) is 0. The van der Waals surface area contributed by atoms with Gasteiger partial charge in [0.1, 0.15) is 5.69 Å². The van der Waals surface area contributed by atoms with Crippen LogP contribution in [0.25, 0.3) is 0 Å². The molecule has 0 bridgehead atoms. The minimum absolute atomic E-state index is 0.194. The van der Waals surface area contributed by atoms with Crippen molar-refractivity contribution >= 4 is 28.4 Å². The highest BCUT2D eigenvalue weighted by Crippen LogP contribution is 2.30. The minimum atomic E-state index is -0.828. The molecule has 0 amide bonds. The standard InChI is InChI=1S/2C6H5N3O5/c7-14-6-2-1-4(8(10)11)3-5(6)9(12)13;10-7-5-2-1-4(8(11)12)3-6(5)9(13)14/h1-3H,7H2;1-3,7,10H. The number of hydrogen-bond acceptors (Lipinski definition) is 12. The average molecular weight is 398 g/mol. The number of nitro benzene ring substituents is 4. The molecule has 2 rings (SSSR count). The van der Waals surface area contributed by atoms with Crippen LogP contribution in [0, 0.1) is 40.5 Å². The van der Waals surface area contributed by atoms with Crippen molar-refractivity contribution in [3.8, 4) is 5.75 Å². The first kappa shape index (κ1) is 21.6. The Morgan fingerprint density at radius 2 is 1.25 bits per heavy atom. The van der Waals surface area contributed by atoms with Crippen LogP contribution in [-0.2, 0) is 0 Å². The lowest BCUT2D eigenvalue weighted by Crippen LogP contribution is -2.05. The second-order valence-electron chi connectivity index (χ2n) is 4.61. The van der Waals surface area contributed by atoms with E-state index in [4.69, 9.17) is 11.1 Å².